The smallest absolute Gasteiger partial charge is 0.397 e. The van der Waals surface area contributed by atoms with Crippen molar-refractivity contribution in [3.8, 4) is 0 Å². The van der Waals surface area contributed by atoms with Crippen LogP contribution in [-0.2, 0) is 43.2 Å². The predicted molar refractivity (Wildman–Crippen MR) is 213 cm³/mol. The fraction of sp³-hybridized carbons (Fsp3) is 0.206. The van der Waals surface area contributed by atoms with E-state index in [-0.39, 0.29) is 38.9 Å². The lowest BCUT2D eigenvalue weighted by molar-refractivity contribution is -0.257. The van der Waals surface area contributed by atoms with E-state index in [1.165, 1.54) is 30.2 Å². The number of carbonyl (C=O) groups excluding carboxylic acids is 1. The molecule has 318 valence electrons. The number of aryl methyl sites for hydroxylation is 1. The molecule has 0 fully saturated rings. The Morgan fingerprint density at radius 3 is 1.73 bits per heavy atom. The molecule has 0 bridgehead atoms. The molecule has 0 saturated carbocycles. The number of rotatable bonds is 21. The van der Waals surface area contributed by atoms with Gasteiger partial charge in [-0.2, -0.15) is 23.8 Å². The highest BCUT2D eigenvalue weighted by Crippen LogP contribution is 2.49. The molecule has 0 aromatic heterocycles. The van der Waals surface area contributed by atoms with Gasteiger partial charge in [-0.1, -0.05) is 17.7 Å². The Morgan fingerprint density at radius 1 is 0.767 bits per heavy atom. The highest BCUT2D eigenvalue weighted by atomic mass is 32.3. The standard InChI is InChI=1S/C34H35N9O14S3/c1-20-2-4-22(5-3-20)38-41-30-27(33(45)46)31(42-39-23-6-10-25(11-7-23)58-56-19-34(37,18-55-48)21(16-44)17-54-47)29(36)32(28(30)35)43-40-24-8-12-26(13-9-24)59(49,50)15-14-57-60(51,52)53/h2-13,47-48H,14-15,17-19,35-37H2,1H3,(H,45,46)(H,51,52,53). The first-order valence-corrected chi connectivity index (χ1v) is 20.4. The van der Waals surface area contributed by atoms with Gasteiger partial charge in [0.1, 0.15) is 47.3 Å². The summed E-state index contributed by atoms with van der Waals surface area (Å²) >= 11 is 0.814. The Morgan fingerprint density at radius 2 is 1.27 bits per heavy atom. The molecule has 26 heteroatoms. The number of benzene rings is 4. The SMILES string of the molecule is Cc1ccc(N=Nc2c(N)c(N=Nc3ccc(S(=O)(=O)CCOS(=O)(=O)O)cc3)c(N)c(N=Nc3ccc(SOCC(N)(COO)C(=C=O)COO)cc3)c2C(=O)O)cc1. The fourth-order valence-electron chi connectivity index (χ4n) is 4.73. The molecule has 1 atom stereocenters. The number of anilines is 2. The number of hydrogen-bond donors (Lipinski definition) is 7. The van der Waals surface area contributed by atoms with Crippen LogP contribution in [0.4, 0.5) is 45.5 Å². The Hall–Kier alpha value is -5.87. The first-order valence-electron chi connectivity index (χ1n) is 16.6. The zero-order valence-corrected chi connectivity index (χ0v) is 33.4. The van der Waals surface area contributed by atoms with Gasteiger partial charge < -0.3 is 26.5 Å². The molecule has 0 radical (unpaired) electrons. The average Bonchev–Trinajstić information content (AvgIpc) is 3.19. The number of nitrogen functional groups attached to an aromatic ring is 2. The third-order valence-corrected chi connectivity index (χ3v) is 10.7. The van der Waals surface area contributed by atoms with Crippen LogP contribution < -0.4 is 17.2 Å². The van der Waals surface area contributed by atoms with E-state index in [2.05, 4.69) is 44.6 Å². The van der Waals surface area contributed by atoms with Crippen LogP contribution in [-0.4, -0.2) is 86.6 Å². The lowest BCUT2D eigenvalue weighted by atomic mass is 9.94. The molecule has 4 rings (SSSR count). The van der Waals surface area contributed by atoms with Crippen LogP contribution in [0.15, 0.2) is 119 Å². The third-order valence-electron chi connectivity index (χ3n) is 7.88. The number of nitrogens with zero attached hydrogens (tertiary/aromatic N) is 6. The van der Waals surface area contributed by atoms with Crippen LogP contribution in [0.2, 0.25) is 0 Å². The Labute approximate surface area is 345 Å². The number of hydrogen-bond acceptors (Lipinski definition) is 22. The minimum Gasteiger partial charge on any atom is -0.478 e. The van der Waals surface area contributed by atoms with Gasteiger partial charge in [-0.05, 0) is 67.6 Å². The molecule has 0 aliphatic carbocycles. The molecule has 0 heterocycles. The van der Waals surface area contributed by atoms with E-state index in [4.69, 9.17) is 36.5 Å². The van der Waals surface area contributed by atoms with Crippen molar-refractivity contribution >= 4 is 89.7 Å². The van der Waals surface area contributed by atoms with Gasteiger partial charge in [0.2, 0.25) is 0 Å². The zero-order valence-electron chi connectivity index (χ0n) is 31.0. The van der Waals surface area contributed by atoms with E-state index in [0.717, 1.165) is 29.7 Å². The average molecular weight is 890 g/mol. The first kappa shape index (κ1) is 46.8. The van der Waals surface area contributed by atoms with Gasteiger partial charge in [0.05, 0.1) is 57.9 Å². The number of azo groups is 3. The van der Waals surface area contributed by atoms with Gasteiger partial charge in [-0.3, -0.25) is 15.1 Å². The molecule has 0 saturated heterocycles. The molecule has 0 amide bonds. The third kappa shape index (κ3) is 12.8. The monoisotopic (exact) mass is 889 g/mol. The zero-order chi connectivity index (χ0) is 44.1. The summed E-state index contributed by atoms with van der Waals surface area (Å²) in [5.41, 5.74) is 16.0. The second-order valence-corrected chi connectivity index (χ2v) is 16.2. The van der Waals surface area contributed by atoms with Gasteiger partial charge in [0.25, 0.3) is 0 Å². The van der Waals surface area contributed by atoms with Crippen molar-refractivity contribution in [3.05, 3.63) is 89.5 Å². The summed E-state index contributed by atoms with van der Waals surface area (Å²) in [7, 11) is -8.89. The van der Waals surface area contributed by atoms with Crippen LogP contribution in [0.3, 0.4) is 0 Å². The number of sulfone groups is 1. The summed E-state index contributed by atoms with van der Waals surface area (Å²) in [4.78, 5) is 32.3. The molecule has 0 aliphatic heterocycles. The first-order chi connectivity index (χ1) is 28.4. The van der Waals surface area contributed by atoms with Crippen LogP contribution >= 0.6 is 12.0 Å². The summed E-state index contributed by atoms with van der Waals surface area (Å²) in [6, 6.07) is 17.6. The highest BCUT2D eigenvalue weighted by molar-refractivity contribution is 7.94. The molecule has 60 heavy (non-hydrogen) atoms. The van der Waals surface area contributed by atoms with Crippen LogP contribution in [0.25, 0.3) is 0 Å². The van der Waals surface area contributed by atoms with Crippen LogP contribution in [0.5, 0.6) is 0 Å². The van der Waals surface area contributed by atoms with Gasteiger partial charge >= 0.3 is 16.4 Å². The van der Waals surface area contributed by atoms with Crippen molar-refractivity contribution in [2.24, 2.45) is 36.4 Å². The number of carbonyl (C=O) groups is 1. The number of nitrogens with two attached hydrogens (primary N) is 3. The van der Waals surface area contributed by atoms with E-state index in [1.807, 2.05) is 6.92 Å². The van der Waals surface area contributed by atoms with Gasteiger partial charge in [0, 0.05) is 16.9 Å². The molecule has 4 aromatic rings. The number of carboxylic acid groups (broad SMARTS) is 1. The van der Waals surface area contributed by atoms with E-state index in [9.17, 15) is 31.5 Å². The van der Waals surface area contributed by atoms with Crippen LogP contribution in [0, 0.1) is 6.92 Å². The summed E-state index contributed by atoms with van der Waals surface area (Å²) < 4.78 is 65.0. The van der Waals surface area contributed by atoms with Crippen molar-refractivity contribution in [1.82, 2.24) is 0 Å². The second kappa shape index (κ2) is 20.9. The molecular formula is C34H35N9O14S3. The van der Waals surface area contributed by atoms with Crippen molar-refractivity contribution in [2.75, 3.05) is 43.6 Å². The van der Waals surface area contributed by atoms with Gasteiger partial charge in [-0.15, -0.1) is 15.3 Å². The second-order valence-electron chi connectivity index (χ2n) is 12.2. The Kier molecular flexibility index (Phi) is 16.3. The van der Waals surface area contributed by atoms with Crippen molar-refractivity contribution in [3.63, 3.8) is 0 Å². The van der Waals surface area contributed by atoms with E-state index >= 15 is 0 Å². The predicted octanol–water partition coefficient (Wildman–Crippen LogP) is 6.16. The minimum absolute atomic E-state index is 0.0795. The highest BCUT2D eigenvalue weighted by Gasteiger charge is 2.33. The fourth-order valence-corrected chi connectivity index (χ4v) is 6.87. The number of carboxylic acids is 1. The maximum absolute atomic E-state index is 12.7. The Balaban J connectivity index is 1.68. The van der Waals surface area contributed by atoms with E-state index < -0.39 is 80.9 Å². The van der Waals surface area contributed by atoms with Crippen molar-refractivity contribution in [1.29, 1.82) is 0 Å². The van der Waals surface area contributed by atoms with Gasteiger partial charge in [-0.25, -0.2) is 32.0 Å². The largest absolute Gasteiger partial charge is 0.478 e. The maximum Gasteiger partial charge on any atom is 0.397 e. The lowest BCUT2D eigenvalue weighted by Gasteiger charge is -2.27. The lowest BCUT2D eigenvalue weighted by Crippen LogP contribution is -2.51. The molecule has 4 aromatic carbocycles. The molecule has 0 spiro atoms. The molecular weight excluding hydrogens is 855 g/mol. The summed E-state index contributed by atoms with van der Waals surface area (Å²) in [5, 5.41) is 52.6. The summed E-state index contributed by atoms with van der Waals surface area (Å²) in [6.45, 7) is -0.577. The van der Waals surface area contributed by atoms with Crippen molar-refractivity contribution in [2.45, 2.75) is 22.3 Å². The van der Waals surface area contributed by atoms with Gasteiger partial charge in [0.15, 0.2) is 9.84 Å². The van der Waals surface area contributed by atoms with E-state index in [0.29, 0.717) is 10.6 Å². The minimum atomic E-state index is -4.85. The summed E-state index contributed by atoms with van der Waals surface area (Å²) in [5.74, 6) is -0.798. The maximum atomic E-state index is 12.7. The normalized spacial score (nSPS) is 13.2. The Bertz CT molecular complexity index is 2540. The molecule has 10 N–H and O–H groups in total. The quantitative estimate of drug-likeness (QED) is 0.00936. The topological polar surface area (TPSA) is 372 Å². The molecule has 0 aliphatic rings. The van der Waals surface area contributed by atoms with Crippen molar-refractivity contribution < 1.29 is 64.7 Å². The van der Waals surface area contributed by atoms with E-state index in [1.54, 1.807) is 36.4 Å². The molecule has 1 unspecified atom stereocenters. The number of aromatic carboxylic acids is 1. The molecule has 23 nitrogen and oxygen atoms in total. The van der Waals surface area contributed by atoms with Crippen LogP contribution in [0.1, 0.15) is 15.9 Å². The summed E-state index contributed by atoms with van der Waals surface area (Å²) in [6.07, 6.45) is 0.